The Hall–Kier alpha value is -3.36. The van der Waals surface area contributed by atoms with Gasteiger partial charge in [0.1, 0.15) is 6.61 Å². The highest BCUT2D eigenvalue weighted by atomic mass is 19.3. The lowest BCUT2D eigenvalue weighted by molar-refractivity contribution is -0.144. The molecule has 0 radical (unpaired) electrons. The Morgan fingerprint density at radius 1 is 0.833 bits per heavy atom. The van der Waals surface area contributed by atoms with E-state index in [2.05, 4.69) is 4.74 Å². The van der Waals surface area contributed by atoms with Gasteiger partial charge in [-0.1, -0.05) is 6.07 Å². The molecule has 30 heavy (non-hydrogen) atoms. The highest BCUT2D eigenvalue weighted by molar-refractivity contribution is 5.98. The SMILES string of the molecule is COc1ccc(C(=O)CCC(=O)OCc2ccc(OC(F)F)c(OC)c2)cc1OC. The van der Waals surface area contributed by atoms with Gasteiger partial charge in [0.25, 0.3) is 0 Å². The van der Waals surface area contributed by atoms with Gasteiger partial charge in [-0.2, -0.15) is 8.78 Å². The zero-order valence-electron chi connectivity index (χ0n) is 16.8. The first kappa shape index (κ1) is 22.9. The fraction of sp³-hybridized carbons (Fsp3) is 0.333. The zero-order valence-corrected chi connectivity index (χ0v) is 16.8. The summed E-state index contributed by atoms with van der Waals surface area (Å²) in [5.74, 6) is 0.0577. The van der Waals surface area contributed by atoms with Crippen molar-refractivity contribution < 1.29 is 42.1 Å². The Bertz CT molecular complexity index is 884. The number of ketones is 1. The maximum atomic E-state index is 12.4. The average molecular weight is 424 g/mol. The zero-order chi connectivity index (χ0) is 22.1. The van der Waals surface area contributed by atoms with E-state index in [0.717, 1.165) is 0 Å². The van der Waals surface area contributed by atoms with Gasteiger partial charge in [0, 0.05) is 12.0 Å². The summed E-state index contributed by atoms with van der Waals surface area (Å²) >= 11 is 0. The van der Waals surface area contributed by atoms with Crippen molar-refractivity contribution in [1.82, 2.24) is 0 Å². The van der Waals surface area contributed by atoms with Crippen molar-refractivity contribution in [1.29, 1.82) is 0 Å². The molecular formula is C21H22F2O7. The molecule has 2 rings (SSSR count). The van der Waals surface area contributed by atoms with Gasteiger partial charge in [-0.05, 0) is 35.9 Å². The summed E-state index contributed by atoms with van der Waals surface area (Å²) in [5, 5.41) is 0. The van der Waals surface area contributed by atoms with Crippen LogP contribution in [-0.2, 0) is 16.1 Å². The molecule has 0 aliphatic carbocycles. The van der Waals surface area contributed by atoms with E-state index < -0.39 is 12.6 Å². The number of hydrogen-bond donors (Lipinski definition) is 0. The summed E-state index contributed by atoms with van der Waals surface area (Å²) in [6.07, 6.45) is -0.157. The molecule has 0 heterocycles. The Morgan fingerprint density at radius 2 is 1.47 bits per heavy atom. The predicted molar refractivity (Wildman–Crippen MR) is 103 cm³/mol. The second-order valence-corrected chi connectivity index (χ2v) is 6.02. The van der Waals surface area contributed by atoms with E-state index in [-0.39, 0.29) is 36.7 Å². The second-order valence-electron chi connectivity index (χ2n) is 6.02. The molecule has 0 aliphatic heterocycles. The molecule has 7 nitrogen and oxygen atoms in total. The molecule has 0 atom stereocenters. The number of benzene rings is 2. The van der Waals surface area contributed by atoms with Crippen LogP contribution < -0.4 is 18.9 Å². The number of methoxy groups -OCH3 is 3. The first-order valence-corrected chi connectivity index (χ1v) is 8.90. The quantitative estimate of drug-likeness (QED) is 0.398. The van der Waals surface area contributed by atoms with Gasteiger partial charge in [0.15, 0.2) is 28.8 Å². The number of halogens is 2. The number of carbonyl (C=O) groups is 2. The number of rotatable bonds is 11. The topological polar surface area (TPSA) is 80.3 Å². The molecule has 2 aromatic rings. The van der Waals surface area contributed by atoms with Crippen LogP contribution in [0.15, 0.2) is 36.4 Å². The highest BCUT2D eigenvalue weighted by Crippen LogP contribution is 2.30. The molecule has 0 saturated heterocycles. The molecule has 162 valence electrons. The van der Waals surface area contributed by atoms with Crippen LogP contribution in [0.4, 0.5) is 8.78 Å². The molecule has 0 amide bonds. The molecule has 0 spiro atoms. The molecular weight excluding hydrogens is 402 g/mol. The molecule has 0 bridgehead atoms. The molecule has 0 fully saturated rings. The van der Waals surface area contributed by atoms with Crippen molar-refractivity contribution in [2.24, 2.45) is 0 Å². The first-order chi connectivity index (χ1) is 14.4. The molecule has 2 aromatic carbocycles. The van der Waals surface area contributed by atoms with E-state index in [4.69, 9.17) is 18.9 Å². The van der Waals surface area contributed by atoms with Crippen molar-refractivity contribution in [3.8, 4) is 23.0 Å². The second kappa shape index (κ2) is 11.0. The van der Waals surface area contributed by atoms with E-state index in [1.807, 2.05) is 0 Å². The Kier molecular flexibility index (Phi) is 8.40. The minimum Gasteiger partial charge on any atom is -0.493 e. The average Bonchev–Trinajstić information content (AvgIpc) is 2.75. The third-order valence-electron chi connectivity index (χ3n) is 4.11. The number of Topliss-reactive ketones (excluding diaryl/α,β-unsaturated/α-hetero) is 1. The van der Waals surface area contributed by atoms with Gasteiger partial charge in [0.05, 0.1) is 27.8 Å². The summed E-state index contributed by atoms with van der Waals surface area (Å²) in [7, 11) is 4.26. The summed E-state index contributed by atoms with van der Waals surface area (Å²) in [5.41, 5.74) is 0.910. The minimum absolute atomic E-state index is 0.0429. The third-order valence-corrected chi connectivity index (χ3v) is 4.11. The smallest absolute Gasteiger partial charge is 0.387 e. The van der Waals surface area contributed by atoms with Crippen LogP contribution in [0.1, 0.15) is 28.8 Å². The first-order valence-electron chi connectivity index (χ1n) is 8.90. The van der Waals surface area contributed by atoms with E-state index >= 15 is 0 Å². The molecule has 0 N–H and O–H groups in total. The summed E-state index contributed by atoms with van der Waals surface area (Å²) < 4.78 is 49.5. The van der Waals surface area contributed by atoms with Gasteiger partial charge in [-0.15, -0.1) is 0 Å². The number of hydrogen-bond acceptors (Lipinski definition) is 7. The van der Waals surface area contributed by atoms with Gasteiger partial charge in [0.2, 0.25) is 0 Å². The van der Waals surface area contributed by atoms with E-state index in [9.17, 15) is 18.4 Å². The summed E-state index contributed by atoms with van der Waals surface area (Å²) in [6.45, 7) is -3.08. The van der Waals surface area contributed by atoms with E-state index in [1.54, 1.807) is 18.2 Å². The van der Waals surface area contributed by atoms with Crippen LogP contribution >= 0.6 is 0 Å². The normalized spacial score (nSPS) is 10.5. The Balaban J connectivity index is 1.88. The minimum atomic E-state index is -2.98. The largest absolute Gasteiger partial charge is 0.493 e. The van der Waals surface area contributed by atoms with Crippen LogP contribution in [0.3, 0.4) is 0 Å². The molecule has 0 unspecified atom stereocenters. The lowest BCUT2D eigenvalue weighted by Crippen LogP contribution is -2.09. The predicted octanol–water partition coefficient (Wildman–Crippen LogP) is 4.02. The molecule has 0 aromatic heterocycles. The van der Waals surface area contributed by atoms with Crippen molar-refractivity contribution in [3.63, 3.8) is 0 Å². The van der Waals surface area contributed by atoms with Gasteiger partial charge >= 0.3 is 12.6 Å². The van der Waals surface area contributed by atoms with Gasteiger partial charge < -0.3 is 23.7 Å². The third kappa shape index (κ3) is 6.33. The molecule has 0 saturated carbocycles. The number of ether oxygens (including phenoxy) is 5. The maximum absolute atomic E-state index is 12.4. The standard InChI is InChI=1S/C21H22F2O7/c1-26-16-8-5-14(11-19(16)28-3)15(24)6-9-20(25)29-12-13-4-7-17(30-21(22)23)18(10-13)27-2/h4-5,7-8,10-11,21H,6,9,12H2,1-3H3. The van der Waals surface area contributed by atoms with Crippen LogP contribution in [0.5, 0.6) is 23.0 Å². The molecule has 0 aliphatic rings. The number of alkyl halides is 2. The fourth-order valence-corrected chi connectivity index (χ4v) is 2.60. The van der Waals surface area contributed by atoms with Crippen molar-refractivity contribution >= 4 is 11.8 Å². The van der Waals surface area contributed by atoms with E-state index in [0.29, 0.717) is 22.6 Å². The van der Waals surface area contributed by atoms with Crippen molar-refractivity contribution in [3.05, 3.63) is 47.5 Å². The van der Waals surface area contributed by atoms with Gasteiger partial charge in [-0.25, -0.2) is 0 Å². The van der Waals surface area contributed by atoms with Crippen LogP contribution in [-0.4, -0.2) is 39.7 Å². The lowest BCUT2D eigenvalue weighted by atomic mass is 10.1. The summed E-state index contributed by atoms with van der Waals surface area (Å²) in [4.78, 5) is 24.3. The van der Waals surface area contributed by atoms with Crippen LogP contribution in [0, 0.1) is 0 Å². The van der Waals surface area contributed by atoms with E-state index in [1.165, 1.54) is 39.5 Å². The number of esters is 1. The van der Waals surface area contributed by atoms with Crippen molar-refractivity contribution in [2.45, 2.75) is 26.1 Å². The van der Waals surface area contributed by atoms with Crippen LogP contribution in [0.2, 0.25) is 0 Å². The maximum Gasteiger partial charge on any atom is 0.387 e. The van der Waals surface area contributed by atoms with Crippen molar-refractivity contribution in [2.75, 3.05) is 21.3 Å². The number of carbonyl (C=O) groups excluding carboxylic acids is 2. The van der Waals surface area contributed by atoms with Crippen LogP contribution in [0.25, 0.3) is 0 Å². The molecule has 9 heteroatoms. The fourth-order valence-electron chi connectivity index (χ4n) is 2.60. The monoisotopic (exact) mass is 424 g/mol. The lowest BCUT2D eigenvalue weighted by Gasteiger charge is -2.12. The highest BCUT2D eigenvalue weighted by Gasteiger charge is 2.15. The Labute approximate surface area is 172 Å². The van der Waals surface area contributed by atoms with Gasteiger partial charge in [-0.3, -0.25) is 9.59 Å². The summed E-state index contributed by atoms with van der Waals surface area (Å²) in [6, 6.07) is 8.95. The Morgan fingerprint density at radius 3 is 2.10 bits per heavy atom.